The average molecular weight is 1110 g/mol. The van der Waals surface area contributed by atoms with Crippen LogP contribution in [0.25, 0.3) is 10.4 Å². The number of benzene rings is 1. The zero-order valence-corrected chi connectivity index (χ0v) is 46.7. The van der Waals surface area contributed by atoms with Gasteiger partial charge >= 0.3 is 0 Å². The second-order valence-corrected chi connectivity index (χ2v) is 24.6. The van der Waals surface area contributed by atoms with Crippen molar-refractivity contribution in [3.63, 3.8) is 0 Å². The fourth-order valence-corrected chi connectivity index (χ4v) is 13.9. The van der Waals surface area contributed by atoms with E-state index in [-0.39, 0.29) is 72.7 Å². The monoisotopic (exact) mass is 1110 g/mol. The van der Waals surface area contributed by atoms with Crippen LogP contribution < -0.4 is 25.6 Å². The molecule has 19 nitrogen and oxygen atoms in total. The van der Waals surface area contributed by atoms with Gasteiger partial charge in [0.1, 0.15) is 40.6 Å². The van der Waals surface area contributed by atoms with Gasteiger partial charge in [-0.15, -0.1) is 16.4 Å². The van der Waals surface area contributed by atoms with Gasteiger partial charge in [-0.25, -0.2) is 24.6 Å². The number of β-amino-alcohol motifs (C(OH)–C–C–N with tert-alkyl or cyclic N) is 1. The van der Waals surface area contributed by atoms with Crippen molar-refractivity contribution >= 4 is 64.1 Å². The molecule has 6 fully saturated rings. The lowest BCUT2D eigenvalue weighted by atomic mass is 9.73. The van der Waals surface area contributed by atoms with Crippen LogP contribution >= 0.6 is 34.7 Å². The number of aliphatic hydroxyl groups excluding tert-OH is 1. The molecule has 1 spiro atoms. The molecule has 3 amide bonds. The van der Waals surface area contributed by atoms with E-state index in [1.165, 1.54) is 16.7 Å². The number of piperidine rings is 3. The van der Waals surface area contributed by atoms with Crippen LogP contribution in [0.4, 0.5) is 11.6 Å². The molecule has 410 valence electrons. The summed E-state index contributed by atoms with van der Waals surface area (Å²) in [6.07, 6.45) is 13.3. The first-order valence-corrected chi connectivity index (χ1v) is 29.5. The number of nitrogens with zero attached hydrogens (tertiary/aromatic N) is 11. The molecule has 6 aliphatic rings. The maximum atomic E-state index is 14.2. The number of anilines is 2. The van der Waals surface area contributed by atoms with E-state index in [1.54, 1.807) is 28.4 Å². The lowest BCUT2D eigenvalue weighted by Crippen LogP contribution is -2.50. The Labute approximate surface area is 463 Å². The van der Waals surface area contributed by atoms with Crippen LogP contribution in [0, 0.1) is 24.2 Å². The average Bonchev–Trinajstić information content (AvgIpc) is 3.72. The first-order chi connectivity index (χ1) is 37.2. The van der Waals surface area contributed by atoms with Crippen LogP contribution in [0.3, 0.4) is 0 Å². The summed E-state index contributed by atoms with van der Waals surface area (Å²) in [7, 11) is 0. The normalized spacial score (nSPS) is 23.5. The zero-order chi connectivity index (χ0) is 53.5. The number of carbonyl (C=O) groups excluding carboxylic acids is 3. The van der Waals surface area contributed by atoms with Gasteiger partial charge in [0.05, 0.1) is 58.0 Å². The summed E-state index contributed by atoms with van der Waals surface area (Å²) in [6, 6.07) is 6.45. The topological polar surface area (TPSA) is 223 Å². The summed E-state index contributed by atoms with van der Waals surface area (Å²) in [4.78, 5) is 70.8. The molecular weight excluding hydrogens is 1040 g/mol. The van der Waals surface area contributed by atoms with E-state index in [2.05, 4.69) is 42.3 Å². The van der Waals surface area contributed by atoms with Crippen molar-refractivity contribution < 1.29 is 29.0 Å². The number of amides is 3. The Morgan fingerprint density at radius 2 is 1.77 bits per heavy atom. The number of pyridine rings is 1. The van der Waals surface area contributed by atoms with Gasteiger partial charge in [-0.3, -0.25) is 14.4 Å². The fraction of sp³-hybridized carbons (Fsp3) is 0.582. The van der Waals surface area contributed by atoms with E-state index < -0.39 is 18.2 Å². The Balaban J connectivity index is 0.677. The largest absolute Gasteiger partial charge is 0.490 e. The fourth-order valence-electron chi connectivity index (χ4n) is 12.0. The predicted molar refractivity (Wildman–Crippen MR) is 294 cm³/mol. The second-order valence-electron chi connectivity index (χ2n) is 22.3. The number of nitrogens with one attached hydrogen (secondary N) is 1. The first-order valence-electron chi connectivity index (χ1n) is 27.4. The molecule has 0 bridgehead atoms. The van der Waals surface area contributed by atoms with Crippen molar-refractivity contribution in [1.82, 2.24) is 50.0 Å². The van der Waals surface area contributed by atoms with Gasteiger partial charge in [0, 0.05) is 118 Å². The van der Waals surface area contributed by atoms with Crippen LogP contribution in [0.15, 0.2) is 64.5 Å². The molecule has 4 aromatic heterocycles. The summed E-state index contributed by atoms with van der Waals surface area (Å²) in [5.41, 5.74) is 12.0. The Morgan fingerprint density at radius 1 is 0.987 bits per heavy atom. The van der Waals surface area contributed by atoms with E-state index in [0.717, 1.165) is 88.5 Å². The van der Waals surface area contributed by atoms with E-state index in [0.29, 0.717) is 74.4 Å². The number of aliphatic hydroxyl groups is 1. The van der Waals surface area contributed by atoms with Crippen LogP contribution in [0.1, 0.15) is 107 Å². The predicted octanol–water partition coefficient (Wildman–Crippen LogP) is 6.67. The molecule has 22 heteroatoms. The second kappa shape index (κ2) is 22.7. The third kappa shape index (κ3) is 11.4. The molecule has 5 atom stereocenters. The van der Waals surface area contributed by atoms with E-state index in [9.17, 15) is 19.5 Å². The summed E-state index contributed by atoms with van der Waals surface area (Å²) >= 11 is 10.1. The van der Waals surface area contributed by atoms with Crippen molar-refractivity contribution in [3.05, 3.63) is 76.5 Å². The molecule has 5 aromatic rings. The van der Waals surface area contributed by atoms with Gasteiger partial charge in [0.15, 0.2) is 0 Å². The highest BCUT2D eigenvalue weighted by Gasteiger charge is 2.48. The number of carbonyl (C=O) groups is 3. The number of aryl methyl sites for hydroxylation is 1. The van der Waals surface area contributed by atoms with Crippen LogP contribution in [-0.4, -0.2) is 150 Å². The quantitative estimate of drug-likeness (QED) is 0.0996. The summed E-state index contributed by atoms with van der Waals surface area (Å²) < 4.78 is 14.3. The van der Waals surface area contributed by atoms with E-state index in [4.69, 9.17) is 36.8 Å². The molecule has 1 aliphatic carbocycles. The molecule has 9 heterocycles. The SMILES string of the molecule is Cc1ncsc1-c1ccc(CNC(=O)[C@@H]2C[C@@H](O)CN2C(=O)[C@H](C(C)C)n2cc(C3CC3)nn2)c(OC2CCN(C(=O)C3CCN(c4nccc(Sc5cnc(N6CCC7(CC6)CO[C@@H](C)[C@H]7N)cn5)c4Cl)CC3)CC2)c1. The molecule has 0 radical (unpaired) electrons. The molecule has 11 rings (SSSR count). The number of ether oxygens (including phenoxy) is 2. The smallest absolute Gasteiger partial charge is 0.248 e. The number of hydrogen-bond acceptors (Lipinski definition) is 17. The molecule has 5 aliphatic heterocycles. The highest BCUT2D eigenvalue weighted by Crippen LogP contribution is 2.43. The standard InChI is InChI=1S/C55H70ClN13O6S2/c1-32(2)48(69-29-41(63-64-69)35-5-6-35)54(73)68-28-39(70)24-42(68)52(71)61-25-38-8-7-37(49-33(3)62-31-76-49)23-43(38)75-40-12-19-67(20-13-40)53(72)36-10-17-66(18-11-36)51-47(56)44(9-16-58-51)77-46-27-59-45(26-60-46)65-21-14-55(15-22-65)30-74-34(4)50(55)57/h7-9,16,23,26-27,29,31-32,34-36,39-40,42,48,50,70H,5-6,10-15,17-22,24-25,28,30,57H2,1-4H3,(H,61,71)/t34-,39+,42-,48-,50+/m0/s1. The van der Waals surface area contributed by atoms with Gasteiger partial charge in [-0.05, 0) is 76.0 Å². The Hall–Kier alpha value is -5.45. The van der Waals surface area contributed by atoms with Crippen LogP contribution in [0.2, 0.25) is 5.02 Å². The number of thiazole rings is 1. The number of nitrogens with two attached hydrogens (primary N) is 1. The van der Waals surface area contributed by atoms with Crippen LogP contribution in [-0.2, 0) is 25.7 Å². The van der Waals surface area contributed by atoms with Gasteiger partial charge in [0.25, 0.3) is 0 Å². The molecule has 0 unspecified atom stereocenters. The van der Waals surface area contributed by atoms with Crippen molar-refractivity contribution in [3.8, 4) is 16.2 Å². The number of rotatable bonds is 15. The molecule has 77 heavy (non-hydrogen) atoms. The third-order valence-corrected chi connectivity index (χ3v) is 19.3. The van der Waals surface area contributed by atoms with Crippen molar-refractivity contribution in [2.24, 2.45) is 23.0 Å². The Bertz CT molecular complexity index is 2920. The van der Waals surface area contributed by atoms with Crippen LogP contribution in [0.5, 0.6) is 5.75 Å². The number of hydrogen-bond donors (Lipinski definition) is 3. The molecule has 1 aromatic carbocycles. The summed E-state index contributed by atoms with van der Waals surface area (Å²) in [5, 5.41) is 23.9. The van der Waals surface area contributed by atoms with E-state index >= 15 is 0 Å². The molecule has 5 saturated heterocycles. The Morgan fingerprint density at radius 3 is 2.44 bits per heavy atom. The van der Waals surface area contributed by atoms with Gasteiger partial charge in [-0.2, -0.15) is 0 Å². The van der Waals surface area contributed by atoms with Gasteiger partial charge < -0.3 is 45.2 Å². The first kappa shape index (κ1) is 53.5. The van der Waals surface area contributed by atoms with Crippen molar-refractivity contribution in [1.29, 1.82) is 0 Å². The highest BCUT2D eigenvalue weighted by atomic mass is 35.5. The molecular formula is C55H70ClN13O6S2. The highest BCUT2D eigenvalue weighted by molar-refractivity contribution is 7.99. The van der Waals surface area contributed by atoms with E-state index in [1.807, 2.05) is 67.8 Å². The maximum absolute atomic E-state index is 14.2. The minimum atomic E-state index is -0.852. The van der Waals surface area contributed by atoms with Gasteiger partial charge in [-0.1, -0.05) is 54.6 Å². The number of halogens is 1. The van der Waals surface area contributed by atoms with Gasteiger partial charge in [0.2, 0.25) is 17.7 Å². The molecule has 4 N–H and O–H groups in total. The van der Waals surface area contributed by atoms with Crippen molar-refractivity contribution in [2.75, 3.05) is 62.2 Å². The van der Waals surface area contributed by atoms with Crippen molar-refractivity contribution in [2.45, 2.75) is 144 Å². The zero-order valence-electron chi connectivity index (χ0n) is 44.3. The number of aromatic nitrogens is 7. The Kier molecular flexibility index (Phi) is 15.8. The lowest BCUT2D eigenvalue weighted by molar-refractivity contribution is -0.142. The summed E-state index contributed by atoms with van der Waals surface area (Å²) in [5.74, 6) is 1.93. The lowest BCUT2D eigenvalue weighted by Gasteiger charge is -2.41. The minimum absolute atomic E-state index is 0.0440. The summed E-state index contributed by atoms with van der Waals surface area (Å²) in [6.45, 7) is 13.1. The number of likely N-dealkylation sites (tertiary alicyclic amines) is 2. The molecule has 1 saturated carbocycles. The minimum Gasteiger partial charge on any atom is -0.490 e. The third-order valence-electron chi connectivity index (χ3n) is 16.9. The maximum Gasteiger partial charge on any atom is 0.248 e.